The average molecular weight is 918 g/mol. The van der Waals surface area contributed by atoms with Gasteiger partial charge in [-0.25, -0.2) is 22.0 Å². The van der Waals surface area contributed by atoms with E-state index in [1.165, 1.54) is 25.7 Å². The van der Waals surface area contributed by atoms with E-state index in [4.69, 9.17) is 0 Å². The molecule has 0 saturated carbocycles. The molecule has 0 nitrogen and oxygen atoms in total. The lowest BCUT2D eigenvalue weighted by Crippen LogP contribution is -2.34. The van der Waals surface area contributed by atoms with Crippen LogP contribution < -0.4 is 0 Å². The summed E-state index contributed by atoms with van der Waals surface area (Å²) in [6, 6.07) is 0. The van der Waals surface area contributed by atoms with Crippen LogP contribution in [-0.2, 0) is 0 Å². The molecule has 0 aromatic carbocycles. The Morgan fingerprint density at radius 1 is 0.365 bits per heavy atom. The zero-order valence-electron chi connectivity index (χ0n) is 49.5. The van der Waals surface area contributed by atoms with Crippen molar-refractivity contribution in [1.29, 1.82) is 0 Å². The number of alkyl halides is 5. The standard InChI is InChI=1S/C10H21F.C10H22.C9H19F.C9H20.2C7H15F.C6H13F/c1-7(2)9(8(3)4)10(5,6)11;1-7-10(6,8-2)9(3,4)5;1-5-8(6-2)9(4,10)7-3;1-6-8(7-2)9(3,4)5;1-5-7(4,8)6(2)3;1-4-6-7(3,8)5-2;1-4-6(3,7)5-2/h7-9H,1-6H3;7-8H2,1-6H3;8H,5-7H2,1-4H3;8H,6-7H2,1-5H3;6H,5H2,1-4H3;4-6H2,1-3H3;4-5H2,1-3H3. The van der Waals surface area contributed by atoms with Crippen molar-refractivity contribution in [1.82, 2.24) is 0 Å². The number of hydrogen-bond donors (Lipinski definition) is 0. The van der Waals surface area contributed by atoms with E-state index in [1.807, 2.05) is 55.4 Å². The third kappa shape index (κ3) is 40.4. The maximum atomic E-state index is 13.6. The first-order valence-electron chi connectivity index (χ1n) is 26.4. The maximum absolute atomic E-state index is 13.6. The van der Waals surface area contributed by atoms with Crippen LogP contribution in [0.15, 0.2) is 0 Å². The highest BCUT2D eigenvalue weighted by Gasteiger charge is 2.34. The molecule has 0 rings (SSSR count). The Bertz CT molecular complexity index is 939. The molecule has 0 saturated heterocycles. The van der Waals surface area contributed by atoms with Crippen molar-refractivity contribution >= 4 is 0 Å². The molecular weight excluding hydrogens is 792 g/mol. The Hall–Kier alpha value is -0.350. The second kappa shape index (κ2) is 36.7. The molecule has 392 valence electrons. The van der Waals surface area contributed by atoms with Gasteiger partial charge in [-0.2, -0.15) is 0 Å². The largest absolute Gasteiger partial charge is 0.244 e. The Morgan fingerprint density at radius 2 is 0.667 bits per heavy atom. The van der Waals surface area contributed by atoms with Crippen LogP contribution in [0.1, 0.15) is 298 Å². The average Bonchev–Trinajstić information content (AvgIpc) is 3.14. The summed E-state index contributed by atoms with van der Waals surface area (Å²) in [5.74, 6) is 2.31. The zero-order valence-corrected chi connectivity index (χ0v) is 49.5. The van der Waals surface area contributed by atoms with Crippen LogP contribution in [0.5, 0.6) is 0 Å². The second-order valence-corrected chi connectivity index (χ2v) is 23.5. The third-order valence-corrected chi connectivity index (χ3v) is 15.2. The minimum atomic E-state index is -1.04. The molecule has 0 aliphatic carbocycles. The topological polar surface area (TPSA) is 0 Å². The van der Waals surface area contributed by atoms with Gasteiger partial charge in [0.05, 0.1) is 0 Å². The van der Waals surface area contributed by atoms with Crippen LogP contribution in [-0.4, -0.2) is 28.3 Å². The summed E-state index contributed by atoms with van der Waals surface area (Å²) >= 11 is 0. The molecule has 63 heavy (non-hydrogen) atoms. The SMILES string of the molecule is CC(C)C(C(C)C)C(C)(C)F.CCC(C)(CC)C(C)(C)C.CCC(C)(F)C(C)C.CCC(C)(F)CC.CCC(CC)C(C)(C)C.CCC(CC)C(C)(F)CC.CCCC(C)(F)CC. The highest BCUT2D eigenvalue weighted by atomic mass is 19.2. The highest BCUT2D eigenvalue weighted by molar-refractivity contribution is 4.84. The first-order chi connectivity index (χ1) is 28.0. The highest BCUT2D eigenvalue weighted by Crippen LogP contribution is 2.43. The van der Waals surface area contributed by atoms with Gasteiger partial charge < -0.3 is 0 Å². The Labute approximate surface area is 398 Å². The summed E-state index contributed by atoms with van der Waals surface area (Å²) in [4.78, 5) is 0. The van der Waals surface area contributed by atoms with E-state index in [9.17, 15) is 22.0 Å². The molecule has 0 aliphatic rings. The normalized spacial score (nSPS) is 15.1. The van der Waals surface area contributed by atoms with Gasteiger partial charge >= 0.3 is 0 Å². The van der Waals surface area contributed by atoms with Crippen molar-refractivity contribution in [2.24, 2.45) is 51.8 Å². The molecule has 3 atom stereocenters. The number of hydrogen-bond acceptors (Lipinski definition) is 0. The molecule has 0 fully saturated rings. The van der Waals surface area contributed by atoms with Crippen molar-refractivity contribution in [2.75, 3.05) is 0 Å². The molecule has 0 spiro atoms. The molecule has 0 aromatic rings. The summed E-state index contributed by atoms with van der Waals surface area (Å²) in [6.45, 7) is 63.2. The number of rotatable bonds is 18. The van der Waals surface area contributed by atoms with Crippen molar-refractivity contribution in [3.05, 3.63) is 0 Å². The molecule has 3 unspecified atom stereocenters. The van der Waals surface area contributed by atoms with Crippen LogP contribution >= 0.6 is 0 Å². The monoisotopic (exact) mass is 917 g/mol. The summed E-state index contributed by atoms with van der Waals surface area (Å²) in [6.07, 6.45) is 11.9. The molecule has 0 amide bonds. The van der Waals surface area contributed by atoms with Crippen LogP contribution in [0, 0.1) is 51.8 Å². The molecule has 0 aliphatic heterocycles. The lowest BCUT2D eigenvalue weighted by molar-refractivity contribution is 0.0561. The van der Waals surface area contributed by atoms with Crippen LogP contribution in [0.3, 0.4) is 0 Å². The van der Waals surface area contributed by atoms with Crippen LogP contribution in [0.2, 0.25) is 0 Å². The predicted octanol–water partition coefficient (Wildman–Crippen LogP) is 22.8. The summed E-state index contributed by atoms with van der Waals surface area (Å²) in [5.41, 5.74) is -3.27. The molecular formula is C58H125F5. The minimum Gasteiger partial charge on any atom is -0.244 e. The van der Waals surface area contributed by atoms with E-state index < -0.39 is 28.3 Å². The van der Waals surface area contributed by atoms with Gasteiger partial charge in [0.15, 0.2) is 0 Å². The lowest BCUT2D eigenvalue weighted by Gasteiger charge is -2.40. The van der Waals surface area contributed by atoms with E-state index in [0.29, 0.717) is 66.6 Å². The summed E-state index contributed by atoms with van der Waals surface area (Å²) in [5, 5.41) is 0. The molecule has 0 aromatic heterocycles. The van der Waals surface area contributed by atoms with E-state index in [1.54, 1.807) is 41.5 Å². The molecule has 0 bridgehead atoms. The van der Waals surface area contributed by atoms with Gasteiger partial charge in [-0.1, -0.05) is 218 Å². The smallest absolute Gasteiger partial charge is 0.110 e. The molecule has 0 N–H and O–H groups in total. The predicted molar refractivity (Wildman–Crippen MR) is 283 cm³/mol. The Kier molecular flexibility index (Phi) is 44.7. The van der Waals surface area contributed by atoms with Gasteiger partial charge in [0.2, 0.25) is 0 Å². The quantitative estimate of drug-likeness (QED) is 0.120. The molecule has 0 radical (unpaired) electrons. The van der Waals surface area contributed by atoms with Crippen LogP contribution in [0.4, 0.5) is 22.0 Å². The van der Waals surface area contributed by atoms with Crippen molar-refractivity contribution in [2.45, 2.75) is 326 Å². The third-order valence-electron chi connectivity index (χ3n) is 15.2. The van der Waals surface area contributed by atoms with E-state index in [0.717, 1.165) is 25.2 Å². The summed E-state index contributed by atoms with van der Waals surface area (Å²) in [7, 11) is 0. The maximum Gasteiger partial charge on any atom is 0.110 e. The van der Waals surface area contributed by atoms with Gasteiger partial charge in [-0.05, 0) is 132 Å². The van der Waals surface area contributed by atoms with Gasteiger partial charge in [0, 0.05) is 0 Å². The lowest BCUT2D eigenvalue weighted by atomic mass is 9.65. The first kappa shape index (κ1) is 76.9. The Balaban J connectivity index is -0.000000117. The van der Waals surface area contributed by atoms with E-state index in [-0.39, 0.29) is 17.8 Å². The fraction of sp³-hybridized carbons (Fsp3) is 1.00. The van der Waals surface area contributed by atoms with Crippen molar-refractivity contribution < 1.29 is 22.0 Å². The second-order valence-electron chi connectivity index (χ2n) is 23.5. The molecule has 0 heterocycles. The summed E-state index contributed by atoms with van der Waals surface area (Å²) < 4.78 is 65.4. The van der Waals surface area contributed by atoms with Crippen LogP contribution in [0.25, 0.3) is 0 Å². The Morgan fingerprint density at radius 3 is 0.698 bits per heavy atom. The van der Waals surface area contributed by atoms with Crippen molar-refractivity contribution in [3.8, 4) is 0 Å². The first-order valence-corrected chi connectivity index (χ1v) is 26.4. The zero-order chi connectivity index (χ0) is 52.7. The van der Waals surface area contributed by atoms with Gasteiger partial charge in [0.25, 0.3) is 0 Å². The van der Waals surface area contributed by atoms with Gasteiger partial charge in [-0.15, -0.1) is 0 Å². The van der Waals surface area contributed by atoms with Gasteiger partial charge in [0.1, 0.15) is 28.3 Å². The van der Waals surface area contributed by atoms with Gasteiger partial charge in [-0.3, -0.25) is 0 Å². The fourth-order valence-electron chi connectivity index (χ4n) is 7.96. The molecule has 5 heteroatoms. The van der Waals surface area contributed by atoms with Crippen molar-refractivity contribution in [3.63, 3.8) is 0 Å². The van der Waals surface area contributed by atoms with E-state index >= 15 is 0 Å². The van der Waals surface area contributed by atoms with E-state index in [2.05, 4.69) is 118 Å². The minimum absolute atomic E-state index is 0.146. The number of halogens is 5. The fourth-order valence-corrected chi connectivity index (χ4v) is 7.96.